The van der Waals surface area contributed by atoms with Crippen molar-refractivity contribution in [3.05, 3.63) is 30.3 Å². The lowest BCUT2D eigenvalue weighted by molar-refractivity contribution is -0.164. The van der Waals surface area contributed by atoms with Gasteiger partial charge in [0.25, 0.3) is 0 Å². The van der Waals surface area contributed by atoms with Crippen LogP contribution in [0.3, 0.4) is 0 Å². The summed E-state index contributed by atoms with van der Waals surface area (Å²) in [7, 11) is 0. The second-order valence-electron chi connectivity index (χ2n) is 5.16. The van der Waals surface area contributed by atoms with Gasteiger partial charge >= 0.3 is 11.9 Å². The quantitative estimate of drug-likeness (QED) is 0.631. The van der Waals surface area contributed by atoms with Crippen LogP contribution in [0.15, 0.2) is 35.2 Å². The Morgan fingerprint density at radius 1 is 1.45 bits per heavy atom. The van der Waals surface area contributed by atoms with Gasteiger partial charge in [0.15, 0.2) is 0 Å². The summed E-state index contributed by atoms with van der Waals surface area (Å²) in [6.45, 7) is 3.62. The molecule has 1 fully saturated rings. The van der Waals surface area contributed by atoms with E-state index in [2.05, 4.69) is 0 Å². The highest BCUT2D eigenvalue weighted by molar-refractivity contribution is 8.00. The largest absolute Gasteiger partial charge is 0.462 e. The fraction of sp³-hybridized carbons (Fsp3) is 0.429. The van der Waals surface area contributed by atoms with Crippen LogP contribution in [-0.4, -0.2) is 30.2 Å². The van der Waals surface area contributed by atoms with Gasteiger partial charge < -0.3 is 9.47 Å². The lowest BCUT2D eigenvalue weighted by Gasteiger charge is -2.22. The van der Waals surface area contributed by atoms with E-state index < -0.39 is 29.0 Å². The Hall–Kier alpha value is -1.56. The molecule has 0 saturated carbocycles. The molecule has 1 aliphatic rings. The first-order chi connectivity index (χ1) is 9.40. The van der Waals surface area contributed by atoms with Gasteiger partial charge in [-0.15, -0.1) is 0 Å². The van der Waals surface area contributed by atoms with Crippen molar-refractivity contribution in [2.45, 2.75) is 30.4 Å². The predicted molar refractivity (Wildman–Crippen MR) is 71.8 cm³/mol. The molecule has 0 N–H and O–H groups in total. The summed E-state index contributed by atoms with van der Waals surface area (Å²) in [5, 5.41) is 0. The van der Waals surface area contributed by atoms with Crippen LogP contribution >= 0.6 is 11.8 Å². The summed E-state index contributed by atoms with van der Waals surface area (Å²) in [6.07, 6.45) is -1.05. The molecule has 0 bridgehead atoms. The van der Waals surface area contributed by atoms with Crippen LogP contribution in [-0.2, 0) is 19.1 Å². The van der Waals surface area contributed by atoms with Gasteiger partial charge in [-0.3, -0.25) is 0 Å². The highest BCUT2D eigenvalue weighted by atomic mass is 32.2. The number of carbonyl (C=O) groups is 2. The van der Waals surface area contributed by atoms with E-state index in [4.69, 9.17) is 9.47 Å². The van der Waals surface area contributed by atoms with Gasteiger partial charge in [-0.1, -0.05) is 43.8 Å². The Morgan fingerprint density at radius 3 is 2.65 bits per heavy atom. The first-order valence-corrected chi connectivity index (χ1v) is 7.01. The molecule has 0 amide bonds. The van der Waals surface area contributed by atoms with Gasteiger partial charge in [0.1, 0.15) is 6.61 Å². The molecule has 2 rings (SSSR count). The number of carbonyl (C=O) groups excluding carboxylic acids is 2. The molecule has 0 spiro atoms. The molecule has 1 aromatic carbocycles. The summed E-state index contributed by atoms with van der Waals surface area (Å²) in [4.78, 5) is 23.8. The number of hydrogen-bond acceptors (Lipinski definition) is 5. The van der Waals surface area contributed by atoms with Crippen molar-refractivity contribution in [2.75, 3.05) is 6.61 Å². The predicted octanol–water partition coefficient (Wildman–Crippen LogP) is 2.57. The van der Waals surface area contributed by atoms with Gasteiger partial charge in [-0.05, 0) is 12.1 Å². The minimum absolute atomic E-state index is 0.159. The Morgan fingerprint density at radius 2 is 2.10 bits per heavy atom. The Labute approximate surface area is 120 Å². The Bertz CT molecular complexity index is 503. The van der Waals surface area contributed by atoms with Crippen molar-refractivity contribution in [3.8, 4) is 0 Å². The zero-order chi connectivity index (χ0) is 14.8. The SMILES string of the molecule is CC1(C)COC(=O)C1OC(=O)C(F)Sc1ccccc1. The molecule has 0 aromatic heterocycles. The van der Waals surface area contributed by atoms with E-state index in [1.165, 1.54) is 0 Å². The maximum absolute atomic E-state index is 13.9. The van der Waals surface area contributed by atoms with E-state index in [0.717, 1.165) is 11.8 Å². The first-order valence-electron chi connectivity index (χ1n) is 6.13. The van der Waals surface area contributed by atoms with Gasteiger partial charge in [-0.25, -0.2) is 14.0 Å². The molecule has 2 unspecified atom stereocenters. The summed E-state index contributed by atoms with van der Waals surface area (Å²) in [6, 6.07) is 8.68. The normalized spacial score (nSPS) is 22.1. The Kier molecular flexibility index (Phi) is 4.32. The molecule has 1 aliphatic heterocycles. The summed E-state index contributed by atoms with van der Waals surface area (Å²) in [5.74, 6) is -1.68. The average Bonchev–Trinajstić information content (AvgIpc) is 2.66. The molecule has 1 saturated heterocycles. The molecule has 108 valence electrons. The summed E-state index contributed by atoms with van der Waals surface area (Å²) >= 11 is 0.743. The molecule has 2 atom stereocenters. The smallest absolute Gasteiger partial charge is 0.352 e. The molecule has 0 radical (unpaired) electrons. The number of thioether (sulfide) groups is 1. The number of benzene rings is 1. The summed E-state index contributed by atoms with van der Waals surface area (Å²) < 4.78 is 23.6. The van der Waals surface area contributed by atoms with Crippen LogP contribution in [0, 0.1) is 5.41 Å². The molecule has 1 aromatic rings. The number of esters is 2. The topological polar surface area (TPSA) is 52.6 Å². The fourth-order valence-corrected chi connectivity index (χ4v) is 2.48. The zero-order valence-electron chi connectivity index (χ0n) is 11.2. The third-order valence-corrected chi connectivity index (χ3v) is 3.86. The first kappa shape index (κ1) is 14.8. The van der Waals surface area contributed by atoms with E-state index in [-0.39, 0.29) is 6.61 Å². The highest BCUT2D eigenvalue weighted by Crippen LogP contribution is 2.33. The second-order valence-corrected chi connectivity index (χ2v) is 6.28. The minimum atomic E-state index is -1.87. The maximum atomic E-state index is 13.9. The van der Waals surface area contributed by atoms with Crippen molar-refractivity contribution >= 4 is 23.7 Å². The third-order valence-electron chi connectivity index (χ3n) is 2.91. The second kappa shape index (κ2) is 5.83. The van der Waals surface area contributed by atoms with Gasteiger partial charge in [0.05, 0.1) is 0 Å². The van der Waals surface area contributed by atoms with Crippen LogP contribution in [0.5, 0.6) is 0 Å². The van der Waals surface area contributed by atoms with Crippen LogP contribution in [0.1, 0.15) is 13.8 Å². The molecular weight excluding hydrogens is 283 g/mol. The number of cyclic esters (lactones) is 1. The van der Waals surface area contributed by atoms with E-state index in [0.29, 0.717) is 4.90 Å². The lowest BCUT2D eigenvalue weighted by Crippen LogP contribution is -2.36. The number of hydrogen-bond donors (Lipinski definition) is 0. The highest BCUT2D eigenvalue weighted by Gasteiger charge is 2.47. The molecule has 6 heteroatoms. The molecule has 4 nitrogen and oxygen atoms in total. The Balaban J connectivity index is 1.96. The standard InChI is InChI=1S/C14H15FO4S/c1-14(2)8-18-12(16)10(14)19-13(17)11(15)20-9-6-4-3-5-7-9/h3-7,10-11H,8H2,1-2H3. The fourth-order valence-electron chi connectivity index (χ4n) is 1.77. The number of halogens is 1. The maximum Gasteiger partial charge on any atom is 0.352 e. The molecular formula is C14H15FO4S. The van der Waals surface area contributed by atoms with Crippen LogP contribution in [0.25, 0.3) is 0 Å². The lowest BCUT2D eigenvalue weighted by atomic mass is 9.90. The molecule has 0 aliphatic carbocycles. The zero-order valence-corrected chi connectivity index (χ0v) is 12.0. The monoisotopic (exact) mass is 298 g/mol. The van der Waals surface area contributed by atoms with E-state index in [9.17, 15) is 14.0 Å². The van der Waals surface area contributed by atoms with Gasteiger partial charge in [0.2, 0.25) is 11.6 Å². The van der Waals surface area contributed by atoms with Crippen molar-refractivity contribution in [1.29, 1.82) is 0 Å². The molecule has 1 heterocycles. The van der Waals surface area contributed by atoms with E-state index >= 15 is 0 Å². The third kappa shape index (κ3) is 3.30. The summed E-state index contributed by atoms with van der Waals surface area (Å²) in [5.41, 5.74) is -2.51. The van der Waals surface area contributed by atoms with E-state index in [1.807, 2.05) is 0 Å². The van der Waals surface area contributed by atoms with Gasteiger partial charge in [-0.2, -0.15) is 0 Å². The number of rotatable bonds is 4. The van der Waals surface area contributed by atoms with Crippen LogP contribution in [0.4, 0.5) is 4.39 Å². The van der Waals surface area contributed by atoms with Crippen LogP contribution < -0.4 is 0 Å². The number of alkyl halides is 1. The average molecular weight is 298 g/mol. The van der Waals surface area contributed by atoms with Gasteiger partial charge in [0, 0.05) is 10.3 Å². The van der Waals surface area contributed by atoms with Crippen LogP contribution in [0.2, 0.25) is 0 Å². The van der Waals surface area contributed by atoms with Crippen molar-refractivity contribution in [1.82, 2.24) is 0 Å². The van der Waals surface area contributed by atoms with Crippen molar-refractivity contribution in [3.63, 3.8) is 0 Å². The minimum Gasteiger partial charge on any atom is -0.462 e. The molecule has 20 heavy (non-hydrogen) atoms. The number of ether oxygens (including phenoxy) is 2. The van der Waals surface area contributed by atoms with Crippen molar-refractivity contribution < 1.29 is 23.5 Å². The van der Waals surface area contributed by atoms with Crippen molar-refractivity contribution in [2.24, 2.45) is 5.41 Å². The van der Waals surface area contributed by atoms with E-state index in [1.54, 1.807) is 44.2 Å².